The van der Waals surface area contributed by atoms with Crippen molar-refractivity contribution >= 4 is 23.5 Å². The van der Waals surface area contributed by atoms with Crippen LogP contribution < -0.4 is 0 Å². The van der Waals surface area contributed by atoms with Crippen molar-refractivity contribution in [1.29, 1.82) is 0 Å². The summed E-state index contributed by atoms with van der Waals surface area (Å²) in [6.45, 7) is 1.68. The fraction of sp³-hybridized carbons (Fsp3) is 0.167. The van der Waals surface area contributed by atoms with Gasteiger partial charge in [-0.2, -0.15) is 0 Å². The van der Waals surface area contributed by atoms with Crippen molar-refractivity contribution in [3.05, 3.63) is 46.0 Å². The van der Waals surface area contributed by atoms with Crippen molar-refractivity contribution in [2.75, 3.05) is 6.61 Å². The lowest BCUT2D eigenvalue weighted by Crippen LogP contribution is -2.14. The zero-order chi connectivity index (χ0) is 13.5. The molecule has 0 aliphatic rings. The molecule has 0 heterocycles. The van der Waals surface area contributed by atoms with Crippen molar-refractivity contribution in [3.8, 4) is 0 Å². The molecule has 0 bridgehead atoms. The minimum atomic E-state index is -0.979. The maximum Gasteiger partial charge on any atom is 0.379 e. The lowest BCUT2D eigenvalue weighted by atomic mass is 10.1. The molecular formula is C12H11NO5. The van der Waals surface area contributed by atoms with Gasteiger partial charge >= 0.3 is 5.97 Å². The van der Waals surface area contributed by atoms with E-state index in [1.807, 2.05) is 0 Å². The van der Waals surface area contributed by atoms with Crippen LogP contribution in [-0.4, -0.2) is 23.3 Å². The van der Waals surface area contributed by atoms with Gasteiger partial charge in [0.05, 0.1) is 17.1 Å². The summed E-state index contributed by atoms with van der Waals surface area (Å²) >= 11 is 0. The molecule has 1 aromatic rings. The second-order valence-corrected chi connectivity index (χ2v) is 3.23. The minimum absolute atomic E-state index is 0.101. The normalized spacial score (nSPS) is 10.3. The van der Waals surface area contributed by atoms with Crippen molar-refractivity contribution in [3.63, 3.8) is 0 Å². The van der Waals surface area contributed by atoms with Gasteiger partial charge in [-0.3, -0.25) is 14.9 Å². The Kier molecular flexibility index (Phi) is 4.74. The Morgan fingerprint density at radius 1 is 1.39 bits per heavy atom. The SMILES string of the molecule is CCOC(=O)C(=O)/C=C/c1ccccc1[N+](=O)[O-]. The first kappa shape index (κ1) is 13.6. The number of esters is 1. The van der Waals surface area contributed by atoms with E-state index in [4.69, 9.17) is 0 Å². The second-order valence-electron chi connectivity index (χ2n) is 3.23. The predicted molar refractivity (Wildman–Crippen MR) is 63.8 cm³/mol. The summed E-state index contributed by atoms with van der Waals surface area (Å²) in [6.07, 6.45) is 2.18. The number of carbonyl (C=O) groups is 2. The van der Waals surface area contributed by atoms with Gasteiger partial charge in [-0.05, 0) is 25.1 Å². The standard InChI is InChI=1S/C12H11NO5/c1-2-18-12(15)11(14)8-7-9-5-3-4-6-10(9)13(16)17/h3-8H,2H2,1H3/b8-7+. The van der Waals surface area contributed by atoms with Crippen molar-refractivity contribution in [2.45, 2.75) is 6.92 Å². The van der Waals surface area contributed by atoms with Crippen LogP contribution in [0.4, 0.5) is 5.69 Å². The van der Waals surface area contributed by atoms with Gasteiger partial charge in [0.2, 0.25) is 0 Å². The highest BCUT2D eigenvalue weighted by Gasteiger charge is 2.13. The molecule has 0 aromatic heterocycles. The third-order valence-electron chi connectivity index (χ3n) is 2.02. The molecule has 0 radical (unpaired) electrons. The third-order valence-corrected chi connectivity index (χ3v) is 2.02. The molecule has 0 atom stereocenters. The Balaban J connectivity index is 2.88. The van der Waals surface area contributed by atoms with Gasteiger partial charge in [-0.1, -0.05) is 12.1 Å². The second kappa shape index (κ2) is 6.29. The predicted octanol–water partition coefficient (Wildman–Crippen LogP) is 1.74. The highest BCUT2D eigenvalue weighted by Crippen LogP contribution is 2.18. The number of hydrogen-bond acceptors (Lipinski definition) is 5. The summed E-state index contributed by atoms with van der Waals surface area (Å²) in [4.78, 5) is 32.4. The Labute approximate surface area is 103 Å². The lowest BCUT2D eigenvalue weighted by Gasteiger charge is -1.97. The van der Waals surface area contributed by atoms with Crippen LogP contribution in [0, 0.1) is 10.1 Å². The van der Waals surface area contributed by atoms with Crippen LogP contribution in [0.2, 0.25) is 0 Å². The highest BCUT2D eigenvalue weighted by molar-refractivity contribution is 6.39. The summed E-state index contributed by atoms with van der Waals surface area (Å²) < 4.78 is 4.50. The van der Waals surface area contributed by atoms with Crippen LogP contribution >= 0.6 is 0 Å². The molecule has 0 aliphatic heterocycles. The summed E-state index contributed by atoms with van der Waals surface area (Å²) in [6, 6.07) is 5.91. The van der Waals surface area contributed by atoms with Crippen LogP contribution in [0.5, 0.6) is 0 Å². The molecule has 0 amide bonds. The number of para-hydroxylation sites is 1. The quantitative estimate of drug-likeness (QED) is 0.261. The van der Waals surface area contributed by atoms with Crippen LogP contribution in [-0.2, 0) is 14.3 Å². The average Bonchev–Trinajstić information content (AvgIpc) is 2.36. The number of ether oxygens (including phenoxy) is 1. The van der Waals surface area contributed by atoms with Gasteiger partial charge in [0, 0.05) is 6.07 Å². The number of rotatable bonds is 5. The van der Waals surface area contributed by atoms with Gasteiger partial charge in [-0.15, -0.1) is 0 Å². The Hall–Kier alpha value is -2.50. The van der Waals surface area contributed by atoms with Gasteiger partial charge in [0.25, 0.3) is 11.5 Å². The van der Waals surface area contributed by atoms with Crippen LogP contribution in [0.25, 0.3) is 6.08 Å². The molecule has 6 nitrogen and oxygen atoms in total. The van der Waals surface area contributed by atoms with Crippen molar-refractivity contribution < 1.29 is 19.2 Å². The molecular weight excluding hydrogens is 238 g/mol. The summed E-state index contributed by atoms with van der Waals surface area (Å²) in [5.74, 6) is -1.83. The molecule has 0 saturated carbocycles. The number of carbonyl (C=O) groups excluding carboxylic acids is 2. The minimum Gasteiger partial charge on any atom is -0.460 e. The average molecular weight is 249 g/mol. The molecule has 6 heteroatoms. The molecule has 0 saturated heterocycles. The molecule has 94 valence electrons. The zero-order valence-electron chi connectivity index (χ0n) is 9.66. The Morgan fingerprint density at radius 2 is 2.06 bits per heavy atom. The van der Waals surface area contributed by atoms with Crippen LogP contribution in [0.15, 0.2) is 30.3 Å². The van der Waals surface area contributed by atoms with Gasteiger partial charge in [0.15, 0.2) is 0 Å². The largest absolute Gasteiger partial charge is 0.460 e. The van der Waals surface area contributed by atoms with E-state index in [1.165, 1.54) is 24.3 Å². The Morgan fingerprint density at radius 3 is 2.67 bits per heavy atom. The first-order chi connectivity index (χ1) is 8.56. The van der Waals surface area contributed by atoms with Crippen LogP contribution in [0.3, 0.4) is 0 Å². The van der Waals surface area contributed by atoms with E-state index in [-0.39, 0.29) is 17.9 Å². The Bertz CT molecular complexity index is 507. The number of nitro benzene ring substituents is 1. The molecule has 0 N–H and O–H groups in total. The maximum absolute atomic E-state index is 11.3. The molecule has 1 aromatic carbocycles. The fourth-order valence-corrected chi connectivity index (χ4v) is 1.23. The first-order valence-corrected chi connectivity index (χ1v) is 5.18. The highest BCUT2D eigenvalue weighted by atomic mass is 16.6. The molecule has 0 fully saturated rings. The third kappa shape index (κ3) is 3.51. The van der Waals surface area contributed by atoms with Gasteiger partial charge in [-0.25, -0.2) is 4.79 Å². The monoisotopic (exact) mass is 249 g/mol. The number of hydrogen-bond donors (Lipinski definition) is 0. The number of benzene rings is 1. The van der Waals surface area contributed by atoms with E-state index in [1.54, 1.807) is 13.0 Å². The topological polar surface area (TPSA) is 86.5 Å². The zero-order valence-corrected chi connectivity index (χ0v) is 9.66. The van der Waals surface area contributed by atoms with E-state index in [0.29, 0.717) is 0 Å². The molecule has 1 rings (SSSR count). The van der Waals surface area contributed by atoms with E-state index < -0.39 is 16.7 Å². The van der Waals surface area contributed by atoms with E-state index >= 15 is 0 Å². The van der Waals surface area contributed by atoms with Crippen molar-refractivity contribution in [2.24, 2.45) is 0 Å². The molecule has 18 heavy (non-hydrogen) atoms. The van der Waals surface area contributed by atoms with Crippen LogP contribution in [0.1, 0.15) is 12.5 Å². The number of nitrogens with zero attached hydrogens (tertiary/aromatic N) is 1. The summed E-state index contributed by atoms with van der Waals surface area (Å²) in [5, 5.41) is 10.7. The first-order valence-electron chi connectivity index (χ1n) is 5.18. The van der Waals surface area contributed by atoms with Crippen molar-refractivity contribution in [1.82, 2.24) is 0 Å². The number of ketones is 1. The van der Waals surface area contributed by atoms with Gasteiger partial charge < -0.3 is 4.74 Å². The summed E-state index contributed by atoms with van der Waals surface area (Å²) in [5.41, 5.74) is 0.116. The summed E-state index contributed by atoms with van der Waals surface area (Å²) in [7, 11) is 0. The van der Waals surface area contributed by atoms with E-state index in [2.05, 4.69) is 4.74 Å². The van der Waals surface area contributed by atoms with E-state index in [9.17, 15) is 19.7 Å². The lowest BCUT2D eigenvalue weighted by molar-refractivity contribution is -0.385. The maximum atomic E-state index is 11.3. The number of nitro groups is 1. The molecule has 0 spiro atoms. The smallest absolute Gasteiger partial charge is 0.379 e. The van der Waals surface area contributed by atoms with E-state index in [0.717, 1.165) is 6.08 Å². The fourth-order valence-electron chi connectivity index (χ4n) is 1.23. The molecule has 0 unspecified atom stereocenters. The molecule has 0 aliphatic carbocycles. The van der Waals surface area contributed by atoms with Gasteiger partial charge in [0.1, 0.15) is 0 Å².